The smallest absolute Gasteiger partial charge is 0.225 e. The van der Waals surface area contributed by atoms with Crippen molar-refractivity contribution in [3.63, 3.8) is 0 Å². The zero-order chi connectivity index (χ0) is 24.9. The van der Waals surface area contributed by atoms with E-state index in [1.54, 1.807) is 7.11 Å². The normalized spacial score (nSPS) is 17.7. The minimum Gasteiger partial charge on any atom is -0.384 e. The third-order valence-corrected chi connectivity index (χ3v) is 6.66. The van der Waals surface area contributed by atoms with Crippen LogP contribution in [-0.2, 0) is 14.3 Å². The number of hydrogen-bond donors (Lipinski definition) is 1. The topological polar surface area (TPSA) is 98.6 Å². The average Bonchev–Trinajstić information content (AvgIpc) is 3.72. The highest BCUT2D eigenvalue weighted by Gasteiger charge is 2.33. The Kier molecular flexibility index (Phi) is 7.67. The summed E-state index contributed by atoms with van der Waals surface area (Å²) in [6.45, 7) is 6.13. The molecular formula is C27H33N5O3. The molecule has 0 bridgehead atoms. The van der Waals surface area contributed by atoms with Crippen LogP contribution < -0.4 is 10.2 Å². The van der Waals surface area contributed by atoms with E-state index < -0.39 is 0 Å². The van der Waals surface area contributed by atoms with Gasteiger partial charge in [-0.2, -0.15) is 5.26 Å². The zero-order valence-electron chi connectivity index (χ0n) is 20.7. The van der Waals surface area contributed by atoms with Crippen LogP contribution in [-0.4, -0.2) is 61.1 Å². The Morgan fingerprint density at radius 3 is 2.71 bits per heavy atom. The monoisotopic (exact) mass is 475 g/mol. The van der Waals surface area contributed by atoms with Crippen molar-refractivity contribution < 1.29 is 14.3 Å². The molecule has 2 amide bonds. The molecule has 2 fully saturated rings. The first kappa shape index (κ1) is 24.7. The van der Waals surface area contributed by atoms with Gasteiger partial charge in [0, 0.05) is 56.4 Å². The Morgan fingerprint density at radius 2 is 2.06 bits per heavy atom. The lowest BCUT2D eigenvalue weighted by atomic mass is 9.98. The molecule has 4 rings (SSSR count). The predicted molar refractivity (Wildman–Crippen MR) is 135 cm³/mol. The molecule has 2 aromatic rings. The lowest BCUT2D eigenvalue weighted by molar-refractivity contribution is -0.134. The van der Waals surface area contributed by atoms with Crippen LogP contribution in [0.2, 0.25) is 0 Å². The number of piperazine rings is 1. The first-order valence-electron chi connectivity index (χ1n) is 12.3. The number of amides is 2. The molecule has 1 aromatic carbocycles. The Hall–Kier alpha value is -3.44. The molecular weight excluding hydrogens is 442 g/mol. The van der Waals surface area contributed by atoms with Crippen LogP contribution in [0, 0.1) is 11.3 Å². The van der Waals surface area contributed by atoms with Crippen LogP contribution in [0.5, 0.6) is 0 Å². The first-order chi connectivity index (χ1) is 16.9. The van der Waals surface area contributed by atoms with Gasteiger partial charge in [0.2, 0.25) is 11.8 Å². The number of rotatable bonds is 8. The van der Waals surface area contributed by atoms with Gasteiger partial charge in [-0.25, -0.2) is 4.98 Å². The van der Waals surface area contributed by atoms with E-state index in [2.05, 4.69) is 16.3 Å². The van der Waals surface area contributed by atoms with E-state index in [0.29, 0.717) is 56.4 Å². The average molecular weight is 476 g/mol. The van der Waals surface area contributed by atoms with Crippen LogP contribution in [0.25, 0.3) is 11.1 Å². The summed E-state index contributed by atoms with van der Waals surface area (Å²) >= 11 is 0. The molecule has 2 aliphatic rings. The van der Waals surface area contributed by atoms with Crippen molar-refractivity contribution in [1.82, 2.24) is 9.88 Å². The minimum atomic E-state index is -0.0373. The van der Waals surface area contributed by atoms with Crippen molar-refractivity contribution >= 4 is 23.3 Å². The molecule has 35 heavy (non-hydrogen) atoms. The van der Waals surface area contributed by atoms with E-state index in [9.17, 15) is 14.9 Å². The number of carbonyl (C=O) groups is 2. The van der Waals surface area contributed by atoms with E-state index in [-0.39, 0.29) is 17.9 Å². The van der Waals surface area contributed by atoms with Crippen LogP contribution in [0.1, 0.15) is 56.7 Å². The largest absolute Gasteiger partial charge is 0.384 e. The minimum absolute atomic E-state index is 0.0179. The molecule has 1 saturated heterocycles. The number of carbonyl (C=O) groups excluding carboxylic acids is 2. The molecule has 1 aromatic heterocycles. The highest BCUT2D eigenvalue weighted by molar-refractivity contribution is 5.91. The molecule has 1 atom stereocenters. The van der Waals surface area contributed by atoms with Gasteiger partial charge < -0.3 is 19.9 Å². The van der Waals surface area contributed by atoms with Crippen LogP contribution in [0.3, 0.4) is 0 Å². The SMILES string of the molecule is CCC(=O)Nc1cccc(-c2cc(C#N)c(N3CCN(C(=O)CCOC)C(C)C3)nc2C2CC2)c1. The number of nitriles is 1. The van der Waals surface area contributed by atoms with E-state index in [1.165, 1.54) is 0 Å². The van der Waals surface area contributed by atoms with Gasteiger partial charge in [-0.3, -0.25) is 9.59 Å². The van der Waals surface area contributed by atoms with Gasteiger partial charge in [0.25, 0.3) is 0 Å². The van der Waals surface area contributed by atoms with Gasteiger partial charge in [-0.05, 0) is 43.5 Å². The number of benzene rings is 1. The molecule has 2 heterocycles. The van der Waals surface area contributed by atoms with Crippen molar-refractivity contribution in [1.29, 1.82) is 5.26 Å². The molecule has 1 N–H and O–H groups in total. The molecule has 1 unspecified atom stereocenters. The Morgan fingerprint density at radius 1 is 1.26 bits per heavy atom. The molecule has 1 aliphatic carbocycles. The molecule has 0 radical (unpaired) electrons. The fraction of sp³-hybridized carbons (Fsp3) is 0.481. The summed E-state index contributed by atoms with van der Waals surface area (Å²) in [6.07, 6.45) is 2.95. The molecule has 1 saturated carbocycles. The maximum Gasteiger partial charge on any atom is 0.225 e. The second-order valence-corrected chi connectivity index (χ2v) is 9.29. The lowest BCUT2D eigenvalue weighted by Gasteiger charge is -2.41. The van der Waals surface area contributed by atoms with E-state index in [4.69, 9.17) is 9.72 Å². The zero-order valence-corrected chi connectivity index (χ0v) is 20.7. The molecule has 8 nitrogen and oxygen atoms in total. The summed E-state index contributed by atoms with van der Waals surface area (Å²) in [6, 6.07) is 12.0. The number of anilines is 2. The lowest BCUT2D eigenvalue weighted by Crippen LogP contribution is -2.54. The summed E-state index contributed by atoms with van der Waals surface area (Å²) in [5.74, 6) is 1.13. The van der Waals surface area contributed by atoms with Gasteiger partial charge in [-0.1, -0.05) is 19.1 Å². The Bertz CT molecular complexity index is 1140. The van der Waals surface area contributed by atoms with Crippen molar-refractivity contribution in [3.05, 3.63) is 41.6 Å². The Labute approximate surface area is 206 Å². The highest BCUT2D eigenvalue weighted by atomic mass is 16.5. The number of aromatic nitrogens is 1. The van der Waals surface area contributed by atoms with Crippen molar-refractivity contribution in [3.8, 4) is 17.2 Å². The maximum absolute atomic E-state index is 12.5. The quantitative estimate of drug-likeness (QED) is 0.621. The van der Waals surface area contributed by atoms with E-state index in [0.717, 1.165) is 35.3 Å². The fourth-order valence-electron chi connectivity index (χ4n) is 4.61. The van der Waals surface area contributed by atoms with Crippen LogP contribution in [0.4, 0.5) is 11.5 Å². The summed E-state index contributed by atoms with van der Waals surface area (Å²) in [5.41, 5.74) is 4.16. The number of nitrogens with one attached hydrogen (secondary N) is 1. The number of ether oxygens (including phenoxy) is 1. The van der Waals surface area contributed by atoms with E-state index >= 15 is 0 Å². The van der Waals surface area contributed by atoms with Gasteiger partial charge >= 0.3 is 0 Å². The van der Waals surface area contributed by atoms with Crippen LogP contribution in [0.15, 0.2) is 30.3 Å². The standard InChI is InChI=1S/C27H33N5O3/c1-4-24(33)29-22-7-5-6-20(14-22)23-15-21(16-28)27(30-26(23)19-8-9-19)31-11-12-32(18(2)17-31)25(34)10-13-35-3/h5-7,14-15,18-19H,4,8-13,17H2,1-3H3,(H,29,33). The maximum atomic E-state index is 12.5. The summed E-state index contributed by atoms with van der Waals surface area (Å²) in [7, 11) is 1.60. The predicted octanol–water partition coefficient (Wildman–Crippen LogP) is 3.92. The van der Waals surface area contributed by atoms with E-state index in [1.807, 2.05) is 49.1 Å². The molecule has 1 aliphatic heterocycles. The van der Waals surface area contributed by atoms with Gasteiger partial charge in [0.15, 0.2) is 0 Å². The molecule has 184 valence electrons. The number of methoxy groups -OCH3 is 1. The van der Waals surface area contributed by atoms with Crippen LogP contribution >= 0.6 is 0 Å². The summed E-state index contributed by atoms with van der Waals surface area (Å²) in [4.78, 5) is 33.5. The molecule has 8 heteroatoms. The third kappa shape index (κ3) is 5.63. The third-order valence-electron chi connectivity index (χ3n) is 6.66. The Balaban J connectivity index is 1.63. The van der Waals surface area contributed by atoms with Gasteiger partial charge in [0.1, 0.15) is 11.9 Å². The highest BCUT2D eigenvalue weighted by Crippen LogP contribution is 2.45. The van der Waals surface area contributed by atoms with Crippen molar-refractivity contribution in [2.45, 2.75) is 51.5 Å². The first-order valence-corrected chi connectivity index (χ1v) is 12.3. The molecule has 0 spiro atoms. The summed E-state index contributed by atoms with van der Waals surface area (Å²) < 4.78 is 5.06. The second-order valence-electron chi connectivity index (χ2n) is 9.29. The number of hydrogen-bond acceptors (Lipinski definition) is 6. The number of nitrogens with zero attached hydrogens (tertiary/aromatic N) is 4. The summed E-state index contributed by atoms with van der Waals surface area (Å²) in [5, 5.41) is 12.9. The van der Waals surface area contributed by atoms with Crippen molar-refractivity contribution in [2.24, 2.45) is 0 Å². The second kappa shape index (κ2) is 10.9. The van der Waals surface area contributed by atoms with Gasteiger partial charge in [-0.15, -0.1) is 0 Å². The number of pyridine rings is 1. The fourth-order valence-corrected chi connectivity index (χ4v) is 4.61. The van der Waals surface area contributed by atoms with Gasteiger partial charge in [0.05, 0.1) is 24.3 Å². The van der Waals surface area contributed by atoms with Crippen molar-refractivity contribution in [2.75, 3.05) is 43.6 Å².